The average molecular weight is 573 g/mol. The smallest absolute Gasteiger partial charge is 0.317 e. The Kier molecular flexibility index (Phi) is 12.1. The standard InChI is InChI=1S/C26H44N4O10/c31-15-17-9-27(7-5-21(17)33)23(35)11-29(13-25(37)38)19-3-1-2-4-20(19)30(14-26(39)40)12-24(36)28-8-6-22(34)18(10-28)16-32/h17-22,31-34H,1-16H2,(H,37,38)(H,39,40). The highest BCUT2D eigenvalue weighted by molar-refractivity contribution is 5.80. The largest absolute Gasteiger partial charge is 0.480 e. The first-order valence-corrected chi connectivity index (χ1v) is 14.1. The predicted molar refractivity (Wildman–Crippen MR) is 140 cm³/mol. The van der Waals surface area contributed by atoms with E-state index >= 15 is 0 Å². The van der Waals surface area contributed by atoms with Crippen molar-refractivity contribution >= 4 is 23.8 Å². The van der Waals surface area contributed by atoms with Crippen LogP contribution in [0.15, 0.2) is 0 Å². The Morgan fingerprint density at radius 2 is 1.00 bits per heavy atom. The minimum Gasteiger partial charge on any atom is -0.480 e. The Balaban J connectivity index is 1.77. The molecule has 2 aliphatic heterocycles. The van der Waals surface area contributed by atoms with E-state index in [1.54, 1.807) is 9.80 Å². The van der Waals surface area contributed by atoms with Crippen LogP contribution in [0.3, 0.4) is 0 Å². The lowest BCUT2D eigenvalue weighted by molar-refractivity contribution is -0.148. The van der Waals surface area contributed by atoms with Gasteiger partial charge in [-0.1, -0.05) is 12.8 Å². The Hall–Kier alpha value is -2.36. The Morgan fingerprint density at radius 3 is 1.32 bits per heavy atom. The minimum absolute atomic E-state index is 0.157. The summed E-state index contributed by atoms with van der Waals surface area (Å²) >= 11 is 0. The second kappa shape index (κ2) is 15.0. The molecule has 3 aliphatic rings. The van der Waals surface area contributed by atoms with Gasteiger partial charge in [0.2, 0.25) is 11.8 Å². The number of carboxylic acids is 2. The number of aliphatic hydroxyl groups excluding tert-OH is 4. The number of nitrogens with zero attached hydrogens (tertiary/aromatic N) is 4. The molecule has 3 fully saturated rings. The number of aliphatic carboxylic acids is 2. The van der Waals surface area contributed by atoms with Crippen molar-refractivity contribution < 1.29 is 49.8 Å². The molecular weight excluding hydrogens is 528 g/mol. The van der Waals surface area contributed by atoms with Gasteiger partial charge in [0.05, 0.1) is 51.6 Å². The van der Waals surface area contributed by atoms with Crippen LogP contribution in [-0.4, -0.2) is 164 Å². The van der Waals surface area contributed by atoms with Crippen LogP contribution in [0.4, 0.5) is 0 Å². The summed E-state index contributed by atoms with van der Waals surface area (Å²) in [5.74, 6) is -3.90. The van der Waals surface area contributed by atoms with E-state index in [1.165, 1.54) is 9.80 Å². The van der Waals surface area contributed by atoms with Gasteiger partial charge >= 0.3 is 11.9 Å². The summed E-state index contributed by atoms with van der Waals surface area (Å²) in [4.78, 5) is 56.3. The lowest BCUT2D eigenvalue weighted by Crippen LogP contribution is -2.60. The van der Waals surface area contributed by atoms with Crippen molar-refractivity contribution in [1.29, 1.82) is 0 Å². The number of aliphatic hydroxyl groups is 4. The molecule has 3 rings (SSSR count). The number of carboxylic acid groups (broad SMARTS) is 2. The SMILES string of the molecule is O=C(O)CN(CC(=O)N1CCC(O)C(CO)C1)C1CCCCC1N(CC(=O)O)CC(=O)N1CCC(O)C(CO)C1. The van der Waals surface area contributed by atoms with Crippen LogP contribution in [-0.2, 0) is 19.2 Å². The molecule has 2 heterocycles. The molecule has 14 heteroatoms. The number of likely N-dealkylation sites (tertiary alicyclic amines) is 2. The van der Waals surface area contributed by atoms with Crippen molar-refractivity contribution in [2.75, 3.05) is 65.6 Å². The molecule has 0 spiro atoms. The van der Waals surface area contributed by atoms with Crippen LogP contribution in [0.2, 0.25) is 0 Å². The third-order valence-corrected chi connectivity index (χ3v) is 8.55. The fourth-order valence-corrected chi connectivity index (χ4v) is 6.27. The molecule has 0 radical (unpaired) electrons. The number of hydrogen-bond donors (Lipinski definition) is 6. The van der Waals surface area contributed by atoms with Crippen molar-refractivity contribution in [2.45, 2.75) is 62.8 Å². The summed E-state index contributed by atoms with van der Waals surface area (Å²) < 4.78 is 0. The van der Waals surface area contributed by atoms with Crippen LogP contribution in [0, 0.1) is 11.8 Å². The number of carbonyl (C=O) groups excluding carboxylic acids is 2. The van der Waals surface area contributed by atoms with E-state index in [-0.39, 0.29) is 64.3 Å². The van der Waals surface area contributed by atoms with Gasteiger partial charge in [-0.15, -0.1) is 0 Å². The Morgan fingerprint density at radius 1 is 0.625 bits per heavy atom. The van der Waals surface area contributed by atoms with Gasteiger partial charge in [0, 0.05) is 50.1 Å². The molecule has 40 heavy (non-hydrogen) atoms. The summed E-state index contributed by atoms with van der Waals surface area (Å²) in [6.07, 6.45) is 1.74. The van der Waals surface area contributed by atoms with E-state index < -0.39 is 61.2 Å². The van der Waals surface area contributed by atoms with Crippen LogP contribution in [0.1, 0.15) is 38.5 Å². The molecule has 0 bridgehead atoms. The van der Waals surface area contributed by atoms with Crippen LogP contribution in [0.5, 0.6) is 0 Å². The highest BCUT2D eigenvalue weighted by Gasteiger charge is 2.39. The number of hydrogen-bond acceptors (Lipinski definition) is 10. The zero-order chi connectivity index (χ0) is 29.4. The van der Waals surface area contributed by atoms with Crippen molar-refractivity contribution in [3.05, 3.63) is 0 Å². The van der Waals surface area contributed by atoms with Gasteiger partial charge in [-0.25, -0.2) is 0 Å². The van der Waals surface area contributed by atoms with Gasteiger partial charge in [0.15, 0.2) is 0 Å². The lowest BCUT2D eigenvalue weighted by atomic mass is 9.87. The second-order valence-electron chi connectivity index (χ2n) is 11.3. The molecule has 6 unspecified atom stereocenters. The zero-order valence-corrected chi connectivity index (χ0v) is 22.9. The van der Waals surface area contributed by atoms with Gasteiger partial charge in [-0.2, -0.15) is 0 Å². The van der Waals surface area contributed by atoms with E-state index in [2.05, 4.69) is 0 Å². The third-order valence-electron chi connectivity index (χ3n) is 8.55. The molecule has 6 N–H and O–H groups in total. The summed E-state index contributed by atoms with van der Waals surface area (Å²) in [6, 6.07) is -0.975. The molecule has 0 aromatic rings. The Labute approximate surface area is 233 Å². The molecule has 1 aliphatic carbocycles. The lowest BCUT2D eigenvalue weighted by Gasteiger charge is -2.45. The average Bonchev–Trinajstić information content (AvgIpc) is 2.92. The second-order valence-corrected chi connectivity index (χ2v) is 11.3. The van der Waals surface area contributed by atoms with E-state index in [4.69, 9.17) is 0 Å². The van der Waals surface area contributed by atoms with E-state index in [0.717, 1.165) is 12.8 Å². The highest BCUT2D eigenvalue weighted by Crippen LogP contribution is 2.28. The molecule has 14 nitrogen and oxygen atoms in total. The van der Waals surface area contributed by atoms with Crippen LogP contribution in [0.25, 0.3) is 0 Å². The zero-order valence-electron chi connectivity index (χ0n) is 22.9. The first-order valence-electron chi connectivity index (χ1n) is 14.1. The van der Waals surface area contributed by atoms with Gasteiger partial charge in [-0.05, 0) is 25.7 Å². The monoisotopic (exact) mass is 572 g/mol. The topological polar surface area (TPSA) is 203 Å². The summed E-state index contributed by atoms with van der Waals surface area (Å²) in [5.41, 5.74) is 0. The third kappa shape index (κ3) is 8.57. The van der Waals surface area contributed by atoms with Crippen molar-refractivity contribution in [1.82, 2.24) is 19.6 Å². The molecular formula is C26H44N4O10. The fraction of sp³-hybridized carbons (Fsp3) is 0.846. The maximum atomic E-state index is 13.2. The van der Waals surface area contributed by atoms with Gasteiger partial charge in [0.25, 0.3) is 0 Å². The van der Waals surface area contributed by atoms with E-state index in [9.17, 15) is 49.8 Å². The number of carbonyl (C=O) groups is 4. The number of amides is 2. The summed E-state index contributed by atoms with van der Waals surface area (Å²) in [5, 5.41) is 58.5. The van der Waals surface area contributed by atoms with Gasteiger partial charge in [0.1, 0.15) is 0 Å². The molecule has 1 saturated carbocycles. The maximum absolute atomic E-state index is 13.2. The first kappa shape index (κ1) is 32.2. The molecule has 2 amide bonds. The molecule has 0 aromatic heterocycles. The molecule has 6 atom stereocenters. The molecule has 228 valence electrons. The minimum atomic E-state index is -1.14. The highest BCUT2D eigenvalue weighted by atomic mass is 16.4. The normalized spacial score (nSPS) is 29.6. The van der Waals surface area contributed by atoms with E-state index in [0.29, 0.717) is 25.7 Å². The first-order chi connectivity index (χ1) is 19.0. The van der Waals surface area contributed by atoms with Crippen molar-refractivity contribution in [3.63, 3.8) is 0 Å². The summed E-state index contributed by atoms with van der Waals surface area (Å²) in [7, 11) is 0. The fourth-order valence-electron chi connectivity index (χ4n) is 6.27. The van der Waals surface area contributed by atoms with E-state index in [1.807, 2.05) is 0 Å². The van der Waals surface area contributed by atoms with Crippen LogP contribution < -0.4 is 0 Å². The van der Waals surface area contributed by atoms with Crippen molar-refractivity contribution in [2.24, 2.45) is 11.8 Å². The van der Waals surface area contributed by atoms with Gasteiger partial charge < -0.3 is 40.4 Å². The van der Waals surface area contributed by atoms with Crippen LogP contribution >= 0.6 is 0 Å². The molecule has 2 saturated heterocycles. The number of piperidine rings is 2. The number of rotatable bonds is 12. The summed E-state index contributed by atoms with van der Waals surface area (Å²) in [6.45, 7) is -1.00. The predicted octanol–water partition coefficient (Wildman–Crippen LogP) is -2.53. The van der Waals surface area contributed by atoms with Gasteiger partial charge in [-0.3, -0.25) is 29.0 Å². The maximum Gasteiger partial charge on any atom is 0.317 e. The quantitative estimate of drug-likeness (QED) is 0.143. The Bertz CT molecular complexity index is 822. The van der Waals surface area contributed by atoms with Crippen molar-refractivity contribution in [3.8, 4) is 0 Å². The molecule has 0 aromatic carbocycles.